The van der Waals surface area contributed by atoms with Gasteiger partial charge in [-0.2, -0.15) is 0 Å². The Labute approximate surface area is 168 Å². The Balaban J connectivity index is 0.00000364. The summed E-state index contributed by atoms with van der Waals surface area (Å²) in [7, 11) is 0. The molecule has 2 fully saturated rings. The number of nitrogens with one attached hydrogen (secondary N) is 2. The largest absolute Gasteiger partial charge is 0.348 e. The highest BCUT2D eigenvalue weighted by Gasteiger charge is 2.56. The lowest BCUT2D eigenvalue weighted by Crippen LogP contribution is -2.56. The predicted octanol–water partition coefficient (Wildman–Crippen LogP) is 2.18. The maximum absolute atomic E-state index is 13.1. The molecule has 0 aromatic rings. The average molecular weight is 403 g/mol. The number of nitrogens with zero attached hydrogens (tertiary/aromatic N) is 1. The zero-order valence-electron chi connectivity index (χ0n) is 17.2. The van der Waals surface area contributed by atoms with E-state index in [2.05, 4.69) is 31.4 Å². The fourth-order valence-electron chi connectivity index (χ4n) is 4.89. The predicted molar refractivity (Wildman–Crippen MR) is 108 cm³/mol. The van der Waals surface area contributed by atoms with Gasteiger partial charge in [-0.15, -0.1) is 12.4 Å². The summed E-state index contributed by atoms with van der Waals surface area (Å²) in [5, 5.41) is 5.82. The smallest absolute Gasteiger partial charge is 0.325 e. The molecule has 0 aromatic heterocycles. The van der Waals surface area contributed by atoms with Crippen molar-refractivity contribution < 1.29 is 14.4 Å². The minimum absolute atomic E-state index is 0. The summed E-state index contributed by atoms with van der Waals surface area (Å²) in [6, 6.07) is -0.471. The molecule has 4 N–H and O–H groups in total. The van der Waals surface area contributed by atoms with E-state index in [4.69, 9.17) is 5.73 Å². The summed E-state index contributed by atoms with van der Waals surface area (Å²) in [5.74, 6) is -0.284. The number of imide groups is 1. The standard InChI is InChI=1S/C19H34N4O3.ClH/c1-6-18(7-2,12-20)21-14(24)10-23-15(25)19(22-16(23)26)9-13(3)8-17(4,5)11-19;/h13H,6-12,20H2,1-5H3,(H,21,24)(H,22,26);1H. The number of rotatable bonds is 6. The third-order valence-corrected chi connectivity index (χ3v) is 6.07. The molecule has 1 spiro atoms. The van der Waals surface area contributed by atoms with Gasteiger partial charge in [0, 0.05) is 6.54 Å². The van der Waals surface area contributed by atoms with Crippen molar-refractivity contribution in [2.75, 3.05) is 13.1 Å². The van der Waals surface area contributed by atoms with E-state index >= 15 is 0 Å². The molecular formula is C19H35ClN4O3. The molecule has 2 unspecified atom stereocenters. The van der Waals surface area contributed by atoms with Crippen molar-refractivity contribution in [3.8, 4) is 0 Å². The van der Waals surface area contributed by atoms with Gasteiger partial charge in [-0.3, -0.25) is 14.5 Å². The van der Waals surface area contributed by atoms with E-state index in [1.807, 2.05) is 13.8 Å². The summed E-state index contributed by atoms with van der Waals surface area (Å²) in [4.78, 5) is 39.1. The van der Waals surface area contributed by atoms with E-state index in [1.54, 1.807) is 0 Å². The van der Waals surface area contributed by atoms with Gasteiger partial charge in [0.15, 0.2) is 0 Å². The molecule has 0 radical (unpaired) electrons. The highest BCUT2D eigenvalue weighted by Crippen LogP contribution is 2.46. The Hall–Kier alpha value is -1.34. The molecule has 1 aliphatic heterocycles. The van der Waals surface area contributed by atoms with Crippen LogP contribution in [0.5, 0.6) is 0 Å². The Morgan fingerprint density at radius 1 is 1.30 bits per heavy atom. The number of urea groups is 1. The third-order valence-electron chi connectivity index (χ3n) is 6.07. The van der Waals surface area contributed by atoms with Crippen LogP contribution in [0, 0.1) is 11.3 Å². The first-order valence-electron chi connectivity index (χ1n) is 9.67. The number of nitrogens with two attached hydrogens (primary N) is 1. The van der Waals surface area contributed by atoms with Gasteiger partial charge in [-0.25, -0.2) is 4.79 Å². The molecule has 2 rings (SSSR count). The maximum Gasteiger partial charge on any atom is 0.325 e. The van der Waals surface area contributed by atoms with E-state index in [0.717, 1.165) is 11.3 Å². The number of halogens is 1. The molecular weight excluding hydrogens is 368 g/mol. The van der Waals surface area contributed by atoms with Crippen molar-refractivity contribution in [1.29, 1.82) is 0 Å². The van der Waals surface area contributed by atoms with Gasteiger partial charge in [0.05, 0.1) is 5.54 Å². The molecule has 1 aliphatic carbocycles. The fourth-order valence-corrected chi connectivity index (χ4v) is 4.89. The van der Waals surface area contributed by atoms with Crippen LogP contribution in [0.15, 0.2) is 0 Å². The first kappa shape index (κ1) is 23.7. The normalized spacial score (nSPS) is 27.3. The second-order valence-electron chi connectivity index (χ2n) is 9.00. The molecule has 1 saturated carbocycles. The Morgan fingerprint density at radius 3 is 2.37 bits per heavy atom. The van der Waals surface area contributed by atoms with Crippen molar-refractivity contribution in [3.05, 3.63) is 0 Å². The van der Waals surface area contributed by atoms with Crippen LogP contribution in [0.4, 0.5) is 4.79 Å². The summed E-state index contributed by atoms with van der Waals surface area (Å²) < 4.78 is 0. The molecule has 1 heterocycles. The van der Waals surface area contributed by atoms with Crippen molar-refractivity contribution in [2.45, 2.75) is 77.8 Å². The lowest BCUT2D eigenvalue weighted by molar-refractivity contribution is -0.138. The topological polar surface area (TPSA) is 105 Å². The molecule has 2 atom stereocenters. The Kier molecular flexibility index (Phi) is 7.33. The minimum atomic E-state index is -0.876. The summed E-state index contributed by atoms with van der Waals surface area (Å²) in [5.41, 5.74) is 4.43. The maximum atomic E-state index is 13.1. The molecule has 1 saturated heterocycles. The molecule has 156 valence electrons. The van der Waals surface area contributed by atoms with Gasteiger partial charge in [-0.1, -0.05) is 34.6 Å². The van der Waals surface area contributed by atoms with Crippen molar-refractivity contribution in [3.63, 3.8) is 0 Å². The Morgan fingerprint density at radius 2 is 1.89 bits per heavy atom. The first-order chi connectivity index (χ1) is 12.0. The second-order valence-corrected chi connectivity index (χ2v) is 9.00. The van der Waals surface area contributed by atoms with E-state index in [0.29, 0.717) is 38.1 Å². The number of carbonyl (C=O) groups excluding carboxylic acids is 3. The van der Waals surface area contributed by atoms with Gasteiger partial charge >= 0.3 is 6.03 Å². The average Bonchev–Trinajstić information content (AvgIpc) is 2.74. The van der Waals surface area contributed by atoms with Gasteiger partial charge in [0.2, 0.25) is 5.91 Å². The van der Waals surface area contributed by atoms with Crippen LogP contribution < -0.4 is 16.4 Å². The van der Waals surface area contributed by atoms with E-state index in [9.17, 15) is 14.4 Å². The number of hydrogen-bond donors (Lipinski definition) is 3. The van der Waals surface area contributed by atoms with Crippen LogP contribution in [0.25, 0.3) is 0 Å². The Bertz CT molecular complexity index is 583. The highest BCUT2D eigenvalue weighted by molar-refractivity contribution is 6.09. The van der Waals surface area contributed by atoms with E-state index in [1.165, 1.54) is 0 Å². The zero-order valence-corrected chi connectivity index (χ0v) is 18.0. The van der Waals surface area contributed by atoms with Crippen LogP contribution in [-0.4, -0.2) is 46.9 Å². The lowest BCUT2D eigenvalue weighted by Gasteiger charge is -2.43. The van der Waals surface area contributed by atoms with Gasteiger partial charge in [-0.05, 0) is 43.4 Å². The molecule has 2 aliphatic rings. The van der Waals surface area contributed by atoms with Crippen LogP contribution in [-0.2, 0) is 9.59 Å². The van der Waals surface area contributed by atoms with Crippen molar-refractivity contribution in [1.82, 2.24) is 15.5 Å². The van der Waals surface area contributed by atoms with E-state index < -0.39 is 17.1 Å². The van der Waals surface area contributed by atoms with Crippen LogP contribution in [0.2, 0.25) is 0 Å². The molecule has 7 nitrogen and oxygen atoms in total. The SMILES string of the molecule is CCC(CC)(CN)NC(=O)CN1C(=O)NC2(CC(C)CC(C)(C)C2)C1=O.Cl. The monoisotopic (exact) mass is 402 g/mol. The first-order valence-corrected chi connectivity index (χ1v) is 9.67. The lowest BCUT2D eigenvalue weighted by atomic mass is 9.64. The fraction of sp³-hybridized carbons (Fsp3) is 0.842. The number of hydrogen-bond acceptors (Lipinski definition) is 4. The quantitative estimate of drug-likeness (QED) is 0.592. The van der Waals surface area contributed by atoms with Crippen molar-refractivity contribution >= 4 is 30.3 Å². The van der Waals surface area contributed by atoms with E-state index in [-0.39, 0.29) is 36.2 Å². The van der Waals surface area contributed by atoms with Crippen LogP contribution >= 0.6 is 12.4 Å². The summed E-state index contributed by atoms with van der Waals surface area (Å²) in [6.45, 7) is 10.3. The minimum Gasteiger partial charge on any atom is -0.348 e. The second kappa shape index (κ2) is 8.35. The molecule has 8 heteroatoms. The number of amides is 4. The van der Waals surface area contributed by atoms with Gasteiger partial charge in [0.1, 0.15) is 12.1 Å². The molecule has 27 heavy (non-hydrogen) atoms. The summed E-state index contributed by atoms with van der Waals surface area (Å²) >= 11 is 0. The van der Waals surface area contributed by atoms with Crippen LogP contribution in [0.3, 0.4) is 0 Å². The molecule has 4 amide bonds. The molecule has 0 bridgehead atoms. The van der Waals surface area contributed by atoms with Crippen molar-refractivity contribution in [2.24, 2.45) is 17.1 Å². The van der Waals surface area contributed by atoms with Gasteiger partial charge in [0.25, 0.3) is 5.91 Å². The van der Waals surface area contributed by atoms with Crippen LogP contribution in [0.1, 0.15) is 66.7 Å². The third kappa shape index (κ3) is 4.74. The number of carbonyl (C=O) groups is 3. The molecule has 0 aromatic carbocycles. The van der Waals surface area contributed by atoms with Gasteiger partial charge < -0.3 is 16.4 Å². The zero-order chi connectivity index (χ0) is 19.8. The highest BCUT2D eigenvalue weighted by atomic mass is 35.5. The summed E-state index contributed by atoms with van der Waals surface area (Å²) in [6.07, 6.45) is 3.63.